The second-order valence-electron chi connectivity index (χ2n) is 2.97. The average molecular weight is 209 g/mol. The third-order valence-electron chi connectivity index (χ3n) is 1.79. The Morgan fingerprint density at radius 3 is 2.60 bits per heavy atom. The van der Waals surface area contributed by atoms with Crippen LogP contribution in [0.2, 0.25) is 0 Å². The van der Waals surface area contributed by atoms with E-state index < -0.39 is 6.09 Å². The van der Waals surface area contributed by atoms with Crippen LogP contribution in [0.3, 0.4) is 0 Å². The van der Waals surface area contributed by atoms with E-state index in [1.165, 1.54) is 7.11 Å². The molecule has 4 nitrogen and oxygen atoms in total. The van der Waals surface area contributed by atoms with Gasteiger partial charge >= 0.3 is 6.09 Å². The van der Waals surface area contributed by atoms with Gasteiger partial charge in [0.15, 0.2) is 11.5 Å². The highest BCUT2D eigenvalue weighted by Crippen LogP contribution is 2.25. The molecule has 82 valence electrons. The van der Waals surface area contributed by atoms with Gasteiger partial charge in [0.05, 0.1) is 7.11 Å². The lowest BCUT2D eigenvalue weighted by Gasteiger charge is -2.08. The summed E-state index contributed by atoms with van der Waals surface area (Å²) in [5.41, 5.74) is 0. The summed E-state index contributed by atoms with van der Waals surface area (Å²) in [7, 11) is 1.53. The maximum atomic E-state index is 11.3. The molecule has 0 atom stereocenters. The quantitative estimate of drug-likeness (QED) is 0.826. The fourth-order valence-corrected chi connectivity index (χ4v) is 1.07. The van der Waals surface area contributed by atoms with E-state index in [9.17, 15) is 4.79 Å². The molecule has 0 unspecified atom stereocenters. The van der Waals surface area contributed by atoms with Crippen molar-refractivity contribution in [2.45, 2.75) is 13.3 Å². The van der Waals surface area contributed by atoms with Crippen molar-refractivity contribution in [2.75, 3.05) is 13.7 Å². The van der Waals surface area contributed by atoms with Crippen LogP contribution >= 0.6 is 0 Å². The Morgan fingerprint density at radius 2 is 2.00 bits per heavy atom. The van der Waals surface area contributed by atoms with Gasteiger partial charge in [-0.3, -0.25) is 0 Å². The first-order chi connectivity index (χ1) is 7.27. The monoisotopic (exact) mass is 209 g/mol. The van der Waals surface area contributed by atoms with Crippen LogP contribution in [0.1, 0.15) is 13.3 Å². The van der Waals surface area contributed by atoms with Gasteiger partial charge in [-0.15, -0.1) is 0 Å². The van der Waals surface area contributed by atoms with Crippen LogP contribution in [0.15, 0.2) is 24.3 Å². The highest BCUT2D eigenvalue weighted by molar-refractivity contribution is 5.71. The van der Waals surface area contributed by atoms with Gasteiger partial charge in [0.1, 0.15) is 0 Å². The minimum Gasteiger partial charge on any atom is -0.493 e. The van der Waals surface area contributed by atoms with Gasteiger partial charge in [-0.25, -0.2) is 4.79 Å². The molecule has 1 amide bonds. The molecule has 0 aliphatic carbocycles. The van der Waals surface area contributed by atoms with Gasteiger partial charge in [0.2, 0.25) is 0 Å². The first-order valence-corrected chi connectivity index (χ1v) is 4.86. The van der Waals surface area contributed by atoms with Crippen molar-refractivity contribution >= 4 is 6.09 Å². The van der Waals surface area contributed by atoms with Crippen molar-refractivity contribution in [1.29, 1.82) is 0 Å². The molecule has 15 heavy (non-hydrogen) atoms. The van der Waals surface area contributed by atoms with Crippen LogP contribution in [0.25, 0.3) is 0 Å². The summed E-state index contributed by atoms with van der Waals surface area (Å²) in [6, 6.07) is 7.02. The van der Waals surface area contributed by atoms with Crippen LogP contribution in [0.4, 0.5) is 4.79 Å². The zero-order valence-electron chi connectivity index (χ0n) is 8.95. The lowest BCUT2D eigenvalue weighted by atomic mass is 10.3. The molecule has 0 fully saturated rings. The Balaban J connectivity index is 2.59. The number of methoxy groups -OCH3 is 1. The molecule has 0 aliphatic heterocycles. The summed E-state index contributed by atoms with van der Waals surface area (Å²) in [5.74, 6) is 0.970. The van der Waals surface area contributed by atoms with Crippen LogP contribution < -0.4 is 14.8 Å². The summed E-state index contributed by atoms with van der Waals surface area (Å²) < 4.78 is 10.1. The number of amides is 1. The zero-order chi connectivity index (χ0) is 11.1. The van der Waals surface area contributed by atoms with E-state index in [0.717, 1.165) is 6.42 Å². The highest BCUT2D eigenvalue weighted by atomic mass is 16.6. The Kier molecular flexibility index (Phi) is 4.47. The Bertz CT molecular complexity index is 325. The second kappa shape index (κ2) is 5.90. The fraction of sp³-hybridized carbons (Fsp3) is 0.364. The summed E-state index contributed by atoms with van der Waals surface area (Å²) in [4.78, 5) is 11.3. The lowest BCUT2D eigenvalue weighted by Crippen LogP contribution is -2.27. The molecule has 0 aromatic heterocycles. The molecular formula is C11H15NO3. The van der Waals surface area contributed by atoms with Crippen molar-refractivity contribution in [2.24, 2.45) is 0 Å². The minimum atomic E-state index is -0.457. The van der Waals surface area contributed by atoms with E-state index in [1.807, 2.05) is 13.0 Å². The summed E-state index contributed by atoms with van der Waals surface area (Å²) in [6.07, 6.45) is 0.419. The molecule has 0 saturated heterocycles. The van der Waals surface area contributed by atoms with E-state index >= 15 is 0 Å². The first kappa shape index (κ1) is 11.4. The molecule has 0 heterocycles. The third kappa shape index (κ3) is 3.50. The predicted octanol–water partition coefficient (Wildman–Crippen LogP) is 2.19. The topological polar surface area (TPSA) is 47.6 Å². The Hall–Kier alpha value is -1.71. The Morgan fingerprint density at radius 1 is 1.33 bits per heavy atom. The van der Waals surface area contributed by atoms with Gasteiger partial charge < -0.3 is 14.8 Å². The molecular weight excluding hydrogens is 194 g/mol. The van der Waals surface area contributed by atoms with Crippen molar-refractivity contribution in [3.8, 4) is 11.5 Å². The SMILES string of the molecule is CCCNC(=O)Oc1ccccc1OC. The normalized spacial score (nSPS) is 9.47. The summed E-state index contributed by atoms with van der Waals surface area (Å²) in [5, 5.41) is 2.62. The molecule has 1 aromatic carbocycles. The maximum Gasteiger partial charge on any atom is 0.412 e. The number of nitrogens with one attached hydrogen (secondary N) is 1. The van der Waals surface area contributed by atoms with Gasteiger partial charge in [0.25, 0.3) is 0 Å². The fourth-order valence-electron chi connectivity index (χ4n) is 1.07. The molecule has 1 aromatic rings. The molecule has 0 spiro atoms. The standard InChI is InChI=1S/C11H15NO3/c1-3-8-12-11(13)15-10-7-5-4-6-9(10)14-2/h4-7H,3,8H2,1-2H3,(H,12,13). The van der Waals surface area contributed by atoms with E-state index in [-0.39, 0.29) is 0 Å². The van der Waals surface area contributed by atoms with Crippen LogP contribution in [-0.4, -0.2) is 19.7 Å². The zero-order valence-corrected chi connectivity index (χ0v) is 8.95. The van der Waals surface area contributed by atoms with Crippen molar-refractivity contribution < 1.29 is 14.3 Å². The maximum absolute atomic E-state index is 11.3. The molecule has 1 N–H and O–H groups in total. The predicted molar refractivity (Wildman–Crippen MR) is 57.3 cm³/mol. The van der Waals surface area contributed by atoms with E-state index in [4.69, 9.17) is 9.47 Å². The van der Waals surface area contributed by atoms with Crippen molar-refractivity contribution in [1.82, 2.24) is 5.32 Å². The number of para-hydroxylation sites is 2. The number of benzene rings is 1. The molecule has 0 radical (unpaired) electrons. The first-order valence-electron chi connectivity index (χ1n) is 4.86. The van der Waals surface area contributed by atoms with E-state index in [0.29, 0.717) is 18.0 Å². The number of carbonyl (C=O) groups is 1. The molecule has 0 bridgehead atoms. The number of carbonyl (C=O) groups excluding carboxylic acids is 1. The molecule has 0 saturated carbocycles. The van der Waals surface area contributed by atoms with Crippen LogP contribution in [0, 0.1) is 0 Å². The van der Waals surface area contributed by atoms with Crippen LogP contribution in [0.5, 0.6) is 11.5 Å². The Labute approximate surface area is 89.2 Å². The summed E-state index contributed by atoms with van der Waals surface area (Å²) in [6.45, 7) is 2.58. The van der Waals surface area contributed by atoms with Crippen molar-refractivity contribution in [3.63, 3.8) is 0 Å². The second-order valence-corrected chi connectivity index (χ2v) is 2.97. The molecule has 4 heteroatoms. The molecule has 0 aliphatic rings. The number of hydrogen-bond donors (Lipinski definition) is 1. The van der Waals surface area contributed by atoms with Crippen molar-refractivity contribution in [3.05, 3.63) is 24.3 Å². The number of ether oxygens (including phenoxy) is 2. The van der Waals surface area contributed by atoms with Crippen LogP contribution in [-0.2, 0) is 0 Å². The average Bonchev–Trinajstić information content (AvgIpc) is 2.27. The van der Waals surface area contributed by atoms with E-state index in [1.54, 1.807) is 18.2 Å². The largest absolute Gasteiger partial charge is 0.493 e. The summed E-state index contributed by atoms with van der Waals surface area (Å²) >= 11 is 0. The third-order valence-corrected chi connectivity index (χ3v) is 1.79. The van der Waals surface area contributed by atoms with Gasteiger partial charge in [-0.2, -0.15) is 0 Å². The highest BCUT2D eigenvalue weighted by Gasteiger charge is 2.07. The molecule has 1 rings (SSSR count). The smallest absolute Gasteiger partial charge is 0.412 e. The van der Waals surface area contributed by atoms with Gasteiger partial charge in [0, 0.05) is 6.54 Å². The van der Waals surface area contributed by atoms with E-state index in [2.05, 4.69) is 5.32 Å². The number of hydrogen-bond acceptors (Lipinski definition) is 3. The minimum absolute atomic E-state index is 0.425. The lowest BCUT2D eigenvalue weighted by molar-refractivity contribution is 0.198. The van der Waals surface area contributed by atoms with Gasteiger partial charge in [-0.1, -0.05) is 19.1 Å². The van der Waals surface area contributed by atoms with Gasteiger partial charge in [-0.05, 0) is 18.6 Å². The number of rotatable bonds is 4.